The molecule has 24 heavy (non-hydrogen) atoms. The fourth-order valence-corrected chi connectivity index (χ4v) is 2.40. The number of nitrogens with zero attached hydrogens (tertiary/aromatic N) is 1. The predicted octanol–water partition coefficient (Wildman–Crippen LogP) is 1.60. The molecule has 7 nitrogen and oxygen atoms in total. The van der Waals surface area contributed by atoms with E-state index in [0.29, 0.717) is 6.42 Å². The summed E-state index contributed by atoms with van der Waals surface area (Å²) >= 11 is 0. The van der Waals surface area contributed by atoms with Crippen LogP contribution < -0.4 is 5.32 Å². The highest BCUT2D eigenvalue weighted by Crippen LogP contribution is 2.25. The molecule has 1 heterocycles. The molecule has 1 saturated heterocycles. The van der Waals surface area contributed by atoms with Crippen LogP contribution in [-0.2, 0) is 21.0 Å². The molecule has 2 N–H and O–H groups in total. The average molecular weight is 336 g/mol. The monoisotopic (exact) mass is 336 g/mol. The molecule has 0 radical (unpaired) electrons. The molecule has 0 spiro atoms. The molecule has 2 rings (SSSR count). The molecule has 1 fully saturated rings. The van der Waals surface area contributed by atoms with Gasteiger partial charge in [-0.2, -0.15) is 0 Å². The van der Waals surface area contributed by atoms with E-state index in [1.165, 1.54) is 5.06 Å². The Bertz CT molecular complexity index is 570. The highest BCUT2D eigenvalue weighted by atomic mass is 16.7. The SMILES string of the molecule is CC(C)(C)OC(=O)N[C@@H]1C(=O)N(OCc2ccccc2)[C@@H]1CCO. The van der Waals surface area contributed by atoms with E-state index in [1.807, 2.05) is 30.3 Å². The lowest BCUT2D eigenvalue weighted by Gasteiger charge is -2.45. The van der Waals surface area contributed by atoms with Gasteiger partial charge >= 0.3 is 6.09 Å². The Kier molecular flexibility index (Phi) is 5.80. The van der Waals surface area contributed by atoms with E-state index in [1.54, 1.807) is 20.8 Å². The van der Waals surface area contributed by atoms with Crippen LogP contribution in [0.5, 0.6) is 0 Å². The smallest absolute Gasteiger partial charge is 0.408 e. The standard InChI is InChI=1S/C17H24N2O5/c1-17(2,3)24-16(22)18-14-13(9-10-20)19(15(14)21)23-11-12-7-5-4-6-8-12/h4-8,13-14,20H,9-11H2,1-3H3,(H,18,22)/t13-,14+/m1/s1. The number of rotatable bonds is 6. The van der Waals surface area contributed by atoms with Crippen molar-refractivity contribution in [1.29, 1.82) is 0 Å². The van der Waals surface area contributed by atoms with Gasteiger partial charge in [0.25, 0.3) is 5.91 Å². The summed E-state index contributed by atoms with van der Waals surface area (Å²) < 4.78 is 5.16. The van der Waals surface area contributed by atoms with Crippen LogP contribution in [0.3, 0.4) is 0 Å². The van der Waals surface area contributed by atoms with Gasteiger partial charge in [-0.25, -0.2) is 9.86 Å². The first kappa shape index (κ1) is 18.2. The van der Waals surface area contributed by atoms with Crippen LogP contribution in [0, 0.1) is 0 Å². The molecule has 2 atom stereocenters. The van der Waals surface area contributed by atoms with E-state index in [4.69, 9.17) is 9.57 Å². The molecule has 0 aliphatic carbocycles. The maximum Gasteiger partial charge on any atom is 0.408 e. The quantitative estimate of drug-likeness (QED) is 0.771. The van der Waals surface area contributed by atoms with Crippen molar-refractivity contribution < 1.29 is 24.3 Å². The Morgan fingerprint density at radius 2 is 1.96 bits per heavy atom. The number of carbonyl (C=O) groups excluding carboxylic acids is 2. The van der Waals surface area contributed by atoms with E-state index in [2.05, 4.69) is 5.32 Å². The fraction of sp³-hybridized carbons (Fsp3) is 0.529. The largest absolute Gasteiger partial charge is 0.444 e. The zero-order chi connectivity index (χ0) is 17.7. The van der Waals surface area contributed by atoms with Crippen LogP contribution in [-0.4, -0.2) is 46.5 Å². The van der Waals surface area contributed by atoms with Gasteiger partial charge in [0.1, 0.15) is 18.2 Å². The third kappa shape index (κ3) is 4.69. The Labute approximate surface area is 141 Å². The zero-order valence-corrected chi connectivity index (χ0v) is 14.2. The molecule has 1 aliphatic rings. The van der Waals surface area contributed by atoms with E-state index < -0.39 is 23.8 Å². The number of hydrogen-bond donors (Lipinski definition) is 2. The summed E-state index contributed by atoms with van der Waals surface area (Å²) in [5.41, 5.74) is 0.281. The number of aliphatic hydroxyl groups is 1. The summed E-state index contributed by atoms with van der Waals surface area (Å²) in [7, 11) is 0. The summed E-state index contributed by atoms with van der Waals surface area (Å²) in [4.78, 5) is 29.6. The third-order valence-electron chi connectivity index (χ3n) is 3.48. The number of hydrogen-bond acceptors (Lipinski definition) is 5. The number of alkyl carbamates (subject to hydrolysis) is 1. The summed E-state index contributed by atoms with van der Waals surface area (Å²) in [6.45, 7) is 5.37. The summed E-state index contributed by atoms with van der Waals surface area (Å²) in [6.07, 6.45) is -0.354. The van der Waals surface area contributed by atoms with Crippen molar-refractivity contribution in [2.24, 2.45) is 0 Å². The second-order valence-corrected chi connectivity index (χ2v) is 6.63. The Morgan fingerprint density at radius 1 is 1.29 bits per heavy atom. The van der Waals surface area contributed by atoms with Crippen LogP contribution in [0.2, 0.25) is 0 Å². The van der Waals surface area contributed by atoms with Crippen molar-refractivity contribution in [2.75, 3.05) is 6.61 Å². The van der Waals surface area contributed by atoms with Crippen LogP contribution in [0.4, 0.5) is 4.79 Å². The van der Waals surface area contributed by atoms with Gasteiger partial charge in [-0.05, 0) is 32.8 Å². The van der Waals surface area contributed by atoms with E-state index in [0.717, 1.165) is 5.56 Å². The maximum atomic E-state index is 12.2. The minimum absolute atomic E-state index is 0.115. The molecular formula is C17H24N2O5. The average Bonchev–Trinajstić information content (AvgIpc) is 2.51. The summed E-state index contributed by atoms with van der Waals surface area (Å²) in [5.74, 6) is -0.352. The van der Waals surface area contributed by atoms with Crippen molar-refractivity contribution in [1.82, 2.24) is 10.4 Å². The molecule has 132 valence electrons. The van der Waals surface area contributed by atoms with Crippen molar-refractivity contribution in [3.63, 3.8) is 0 Å². The van der Waals surface area contributed by atoms with Crippen LogP contribution in [0.25, 0.3) is 0 Å². The third-order valence-corrected chi connectivity index (χ3v) is 3.48. The van der Waals surface area contributed by atoms with Gasteiger partial charge in [-0.3, -0.25) is 9.63 Å². The van der Waals surface area contributed by atoms with Gasteiger partial charge in [-0.1, -0.05) is 30.3 Å². The molecule has 1 aromatic carbocycles. The Morgan fingerprint density at radius 3 is 2.54 bits per heavy atom. The van der Waals surface area contributed by atoms with Crippen LogP contribution in [0.15, 0.2) is 30.3 Å². The van der Waals surface area contributed by atoms with Crippen molar-refractivity contribution in [2.45, 2.75) is 51.5 Å². The highest BCUT2D eigenvalue weighted by Gasteiger charge is 2.49. The predicted molar refractivity (Wildman–Crippen MR) is 86.7 cm³/mol. The first-order valence-corrected chi connectivity index (χ1v) is 7.92. The molecule has 2 amide bonds. The minimum atomic E-state index is -0.747. The number of benzene rings is 1. The molecule has 0 saturated carbocycles. The topological polar surface area (TPSA) is 88.1 Å². The normalized spacial score (nSPS) is 20.5. The molecule has 0 bridgehead atoms. The number of ether oxygens (including phenoxy) is 1. The van der Waals surface area contributed by atoms with Crippen molar-refractivity contribution in [3.8, 4) is 0 Å². The summed E-state index contributed by atoms with van der Waals surface area (Å²) in [5, 5.41) is 12.9. The van der Waals surface area contributed by atoms with Gasteiger partial charge in [-0.15, -0.1) is 0 Å². The minimum Gasteiger partial charge on any atom is -0.444 e. The molecule has 1 aromatic rings. The number of hydroxylamine groups is 2. The van der Waals surface area contributed by atoms with Gasteiger partial charge in [0.15, 0.2) is 0 Å². The zero-order valence-electron chi connectivity index (χ0n) is 14.2. The van der Waals surface area contributed by atoms with E-state index in [9.17, 15) is 14.7 Å². The van der Waals surface area contributed by atoms with E-state index in [-0.39, 0.29) is 19.1 Å². The van der Waals surface area contributed by atoms with Gasteiger partial charge in [0, 0.05) is 6.61 Å². The van der Waals surface area contributed by atoms with Crippen molar-refractivity contribution >= 4 is 12.0 Å². The Hall–Kier alpha value is -2.12. The van der Waals surface area contributed by atoms with Gasteiger partial charge < -0.3 is 15.2 Å². The van der Waals surface area contributed by atoms with E-state index >= 15 is 0 Å². The number of β-lactam (4-membered cyclic amide) rings is 1. The number of nitrogens with one attached hydrogen (secondary N) is 1. The lowest BCUT2D eigenvalue weighted by molar-refractivity contribution is -0.242. The maximum absolute atomic E-state index is 12.2. The fourth-order valence-electron chi connectivity index (χ4n) is 2.40. The first-order valence-electron chi connectivity index (χ1n) is 7.92. The first-order chi connectivity index (χ1) is 11.3. The number of aliphatic hydroxyl groups excluding tert-OH is 1. The number of carbonyl (C=O) groups is 2. The molecule has 1 aliphatic heterocycles. The van der Waals surface area contributed by atoms with Crippen LogP contribution in [0.1, 0.15) is 32.8 Å². The Balaban J connectivity index is 1.92. The van der Waals surface area contributed by atoms with Gasteiger partial charge in [0.2, 0.25) is 0 Å². The molecule has 7 heteroatoms. The highest BCUT2D eigenvalue weighted by molar-refractivity contribution is 5.91. The van der Waals surface area contributed by atoms with Crippen molar-refractivity contribution in [3.05, 3.63) is 35.9 Å². The van der Waals surface area contributed by atoms with Crippen LogP contribution >= 0.6 is 0 Å². The molecule has 0 aromatic heterocycles. The van der Waals surface area contributed by atoms with Gasteiger partial charge in [0.05, 0.1) is 6.04 Å². The second kappa shape index (κ2) is 7.63. The second-order valence-electron chi connectivity index (χ2n) is 6.63. The number of amides is 2. The lowest BCUT2D eigenvalue weighted by atomic mass is 9.95. The molecular weight excluding hydrogens is 312 g/mol. The lowest BCUT2D eigenvalue weighted by Crippen LogP contribution is -2.70. The molecule has 0 unspecified atom stereocenters. The summed E-state index contributed by atoms with van der Waals surface area (Å²) in [6, 6.07) is 8.28.